The molecule has 0 amide bonds. The molecule has 0 aromatic carbocycles. The Bertz CT molecular complexity index is 718. The molecule has 2 aromatic rings. The summed E-state index contributed by atoms with van der Waals surface area (Å²) in [6, 6.07) is 0. The summed E-state index contributed by atoms with van der Waals surface area (Å²) in [5, 5.41) is 1.51. The second-order valence-corrected chi connectivity index (χ2v) is 8.15. The van der Waals surface area contributed by atoms with Crippen molar-refractivity contribution in [1.29, 1.82) is 0 Å². The first-order valence-electron chi connectivity index (χ1n) is 7.31. The summed E-state index contributed by atoms with van der Waals surface area (Å²) in [4.78, 5) is 22.0. The molecule has 4 nitrogen and oxygen atoms in total. The van der Waals surface area contributed by atoms with Gasteiger partial charge in [0.2, 0.25) is 0 Å². The van der Waals surface area contributed by atoms with Crippen LogP contribution in [0.1, 0.15) is 44.1 Å². The lowest BCUT2D eigenvalue weighted by atomic mass is 9.94. The van der Waals surface area contributed by atoms with Crippen molar-refractivity contribution >= 4 is 33.3 Å². The fraction of sp³-hybridized carbons (Fsp3) is 0.600. The molecule has 0 saturated carbocycles. The molecule has 1 aliphatic heterocycles. The van der Waals surface area contributed by atoms with Crippen LogP contribution < -0.4 is 5.56 Å². The summed E-state index contributed by atoms with van der Waals surface area (Å²) in [5.41, 5.74) is 0.918. The number of hydrogen-bond acceptors (Lipinski definition) is 5. The molecule has 0 atom stereocenters. The first-order chi connectivity index (χ1) is 10.00. The van der Waals surface area contributed by atoms with E-state index in [2.05, 4.69) is 30.7 Å². The fourth-order valence-corrected chi connectivity index (χ4v) is 4.62. The smallest absolute Gasteiger partial charge is 0.260 e. The number of nitrogens with one attached hydrogen (secondary N) is 1. The largest absolute Gasteiger partial charge is 0.370 e. The quantitative estimate of drug-likeness (QED) is 0.529. The minimum atomic E-state index is -0.206. The third kappa shape index (κ3) is 3.03. The van der Waals surface area contributed by atoms with Gasteiger partial charge in [0.25, 0.3) is 5.56 Å². The molecule has 0 spiro atoms. The molecule has 0 saturated heterocycles. The van der Waals surface area contributed by atoms with Crippen LogP contribution in [0.5, 0.6) is 0 Å². The molecule has 0 radical (unpaired) electrons. The number of nitrogens with zero attached hydrogens (tertiary/aromatic N) is 1. The number of thiophene rings is 1. The summed E-state index contributed by atoms with van der Waals surface area (Å²) < 4.78 is 5.84. The minimum absolute atomic E-state index is 0.00537. The molecule has 3 rings (SSSR count). The lowest BCUT2D eigenvalue weighted by Gasteiger charge is -2.29. The Morgan fingerprint density at radius 1 is 1.48 bits per heavy atom. The second kappa shape index (κ2) is 5.74. The minimum Gasteiger partial charge on any atom is -0.370 e. The maximum Gasteiger partial charge on any atom is 0.260 e. The zero-order valence-corrected chi connectivity index (χ0v) is 14.2. The van der Waals surface area contributed by atoms with Crippen molar-refractivity contribution in [2.24, 2.45) is 0 Å². The molecule has 3 heterocycles. The Balaban J connectivity index is 2.00. The molecule has 0 aliphatic carbocycles. The Morgan fingerprint density at radius 3 is 3.05 bits per heavy atom. The van der Waals surface area contributed by atoms with E-state index in [4.69, 9.17) is 4.74 Å². The second-order valence-electron chi connectivity index (χ2n) is 5.98. The van der Waals surface area contributed by atoms with Gasteiger partial charge in [-0.05, 0) is 25.8 Å². The summed E-state index contributed by atoms with van der Waals surface area (Å²) >= 11 is 3.23. The Labute approximate surface area is 132 Å². The Morgan fingerprint density at radius 2 is 2.29 bits per heavy atom. The molecule has 114 valence electrons. The van der Waals surface area contributed by atoms with Gasteiger partial charge < -0.3 is 9.72 Å². The van der Waals surface area contributed by atoms with Crippen LogP contribution in [0, 0.1) is 0 Å². The number of aromatic amines is 1. The zero-order valence-electron chi connectivity index (χ0n) is 12.6. The molecule has 0 fully saturated rings. The predicted molar refractivity (Wildman–Crippen MR) is 88.4 cm³/mol. The van der Waals surface area contributed by atoms with Crippen LogP contribution >= 0.6 is 23.1 Å². The van der Waals surface area contributed by atoms with Crippen molar-refractivity contribution in [2.45, 2.75) is 57.4 Å². The molecule has 1 N–H and O–H groups in total. The van der Waals surface area contributed by atoms with Crippen molar-refractivity contribution in [3.05, 3.63) is 20.8 Å². The van der Waals surface area contributed by atoms with E-state index in [1.165, 1.54) is 0 Å². The Kier molecular flexibility index (Phi) is 4.12. The number of thioether (sulfide) groups is 1. The molecule has 6 heteroatoms. The van der Waals surface area contributed by atoms with E-state index in [1.807, 2.05) is 0 Å². The monoisotopic (exact) mass is 324 g/mol. The molecule has 1 aliphatic rings. The first kappa shape index (κ1) is 15.1. The highest BCUT2D eigenvalue weighted by molar-refractivity contribution is 7.99. The topological polar surface area (TPSA) is 55.0 Å². The molecule has 21 heavy (non-hydrogen) atoms. The van der Waals surface area contributed by atoms with E-state index in [9.17, 15) is 4.79 Å². The average Bonchev–Trinajstić information content (AvgIpc) is 2.75. The van der Waals surface area contributed by atoms with Gasteiger partial charge in [-0.25, -0.2) is 4.98 Å². The SMILES string of the molecule is CCCCSc1nc2sc3c(c2c(=O)[nH]1)CC(C)(C)OC3. The number of fused-ring (bicyclic) bond motifs is 3. The molecular formula is C15H20N2O2S2. The summed E-state index contributed by atoms with van der Waals surface area (Å²) in [6.45, 7) is 6.88. The van der Waals surface area contributed by atoms with Crippen LogP contribution in [0.2, 0.25) is 0 Å². The van der Waals surface area contributed by atoms with Crippen LogP contribution in [0.4, 0.5) is 0 Å². The van der Waals surface area contributed by atoms with Gasteiger partial charge >= 0.3 is 0 Å². The predicted octanol–water partition coefficient (Wildman–Crippen LogP) is 3.73. The third-order valence-electron chi connectivity index (χ3n) is 3.66. The molecule has 0 unspecified atom stereocenters. The number of hydrogen-bond donors (Lipinski definition) is 1. The van der Waals surface area contributed by atoms with Crippen LogP contribution in [-0.2, 0) is 17.8 Å². The lowest BCUT2D eigenvalue weighted by molar-refractivity contribution is -0.0379. The first-order valence-corrected chi connectivity index (χ1v) is 9.12. The number of unbranched alkanes of at least 4 members (excludes halogenated alkanes) is 1. The third-order valence-corrected chi connectivity index (χ3v) is 5.71. The van der Waals surface area contributed by atoms with Crippen LogP contribution in [0.25, 0.3) is 10.2 Å². The van der Waals surface area contributed by atoms with Gasteiger partial charge in [0.15, 0.2) is 5.16 Å². The van der Waals surface area contributed by atoms with Crippen molar-refractivity contribution < 1.29 is 4.74 Å². The van der Waals surface area contributed by atoms with Crippen molar-refractivity contribution in [3.8, 4) is 0 Å². The average molecular weight is 324 g/mol. The van der Waals surface area contributed by atoms with Crippen LogP contribution in [-0.4, -0.2) is 21.3 Å². The highest BCUT2D eigenvalue weighted by Gasteiger charge is 2.30. The number of aromatic nitrogens is 2. The van der Waals surface area contributed by atoms with Gasteiger partial charge in [0.1, 0.15) is 4.83 Å². The fourth-order valence-electron chi connectivity index (χ4n) is 2.51. The van der Waals surface area contributed by atoms with E-state index < -0.39 is 0 Å². The van der Waals surface area contributed by atoms with E-state index in [0.29, 0.717) is 6.61 Å². The molecule has 0 bridgehead atoms. The van der Waals surface area contributed by atoms with Gasteiger partial charge in [-0.1, -0.05) is 25.1 Å². The summed E-state index contributed by atoms with van der Waals surface area (Å²) in [6.07, 6.45) is 3.06. The highest BCUT2D eigenvalue weighted by Crippen LogP contribution is 2.37. The van der Waals surface area contributed by atoms with Gasteiger partial charge in [-0.3, -0.25) is 4.79 Å². The number of rotatable bonds is 4. The van der Waals surface area contributed by atoms with Crippen molar-refractivity contribution in [3.63, 3.8) is 0 Å². The molecule has 2 aromatic heterocycles. The van der Waals surface area contributed by atoms with E-state index in [-0.39, 0.29) is 11.2 Å². The van der Waals surface area contributed by atoms with Crippen molar-refractivity contribution in [2.75, 3.05) is 5.75 Å². The number of H-pyrrole nitrogens is 1. The van der Waals surface area contributed by atoms with Gasteiger partial charge in [0.05, 0.1) is 17.6 Å². The summed E-state index contributed by atoms with van der Waals surface area (Å²) in [5.74, 6) is 0.992. The van der Waals surface area contributed by atoms with Gasteiger partial charge in [-0.15, -0.1) is 11.3 Å². The highest BCUT2D eigenvalue weighted by atomic mass is 32.2. The van der Waals surface area contributed by atoms with Gasteiger partial charge in [0, 0.05) is 17.1 Å². The van der Waals surface area contributed by atoms with Gasteiger partial charge in [-0.2, -0.15) is 0 Å². The zero-order chi connectivity index (χ0) is 15.0. The Hall–Kier alpha value is -0.850. The lowest BCUT2D eigenvalue weighted by Crippen LogP contribution is -2.31. The standard InChI is InChI=1S/C15H20N2O2S2/c1-4-5-6-20-14-16-12(18)11-9-7-15(2,3)19-8-10(9)21-13(11)17-14/h4-8H2,1-3H3,(H,16,17,18). The van der Waals surface area contributed by atoms with Crippen LogP contribution in [0.3, 0.4) is 0 Å². The van der Waals surface area contributed by atoms with Crippen molar-refractivity contribution in [1.82, 2.24) is 9.97 Å². The maximum atomic E-state index is 12.4. The molecular weight excluding hydrogens is 304 g/mol. The number of ether oxygens (including phenoxy) is 1. The maximum absolute atomic E-state index is 12.4. The van der Waals surface area contributed by atoms with E-state index >= 15 is 0 Å². The summed E-state index contributed by atoms with van der Waals surface area (Å²) in [7, 11) is 0. The normalized spacial score (nSPS) is 17.1. The van der Waals surface area contributed by atoms with E-state index in [0.717, 1.165) is 50.8 Å². The van der Waals surface area contributed by atoms with Crippen LogP contribution in [0.15, 0.2) is 9.95 Å². The van der Waals surface area contributed by atoms with E-state index in [1.54, 1.807) is 23.1 Å².